The normalized spacial score (nSPS) is 10.4. The van der Waals surface area contributed by atoms with Gasteiger partial charge in [0.1, 0.15) is 18.1 Å². The molecular weight excluding hydrogens is 372 g/mol. The van der Waals surface area contributed by atoms with E-state index in [4.69, 9.17) is 9.47 Å². The van der Waals surface area contributed by atoms with E-state index in [2.05, 4.69) is 0 Å². The molecule has 3 heteroatoms. The molecule has 0 atom stereocenters. The molecule has 0 aliphatic rings. The summed E-state index contributed by atoms with van der Waals surface area (Å²) in [5.41, 5.74) is 4.88. The second kappa shape index (κ2) is 9.10. The summed E-state index contributed by atoms with van der Waals surface area (Å²) in [5, 5.41) is 0. The van der Waals surface area contributed by atoms with Crippen molar-refractivity contribution in [3.63, 3.8) is 0 Å². The minimum absolute atomic E-state index is 0.381. The minimum atomic E-state index is -0.381. The molecule has 0 spiro atoms. The zero-order valence-corrected chi connectivity index (χ0v) is 16.7. The van der Waals surface area contributed by atoms with Crippen molar-refractivity contribution in [3.8, 4) is 22.6 Å². The fourth-order valence-electron chi connectivity index (χ4n) is 3.05. The molecule has 4 aromatic carbocycles. The number of rotatable bonds is 6. The van der Waals surface area contributed by atoms with Crippen LogP contribution in [0.5, 0.6) is 11.5 Å². The average Bonchev–Trinajstić information content (AvgIpc) is 2.80. The second-order valence-electron chi connectivity index (χ2n) is 7.08. The van der Waals surface area contributed by atoms with Gasteiger partial charge < -0.3 is 9.47 Å². The van der Waals surface area contributed by atoms with Gasteiger partial charge in [0.2, 0.25) is 0 Å². The van der Waals surface area contributed by atoms with Crippen molar-refractivity contribution in [1.82, 2.24) is 0 Å². The summed E-state index contributed by atoms with van der Waals surface area (Å²) in [6, 6.07) is 32.8. The van der Waals surface area contributed by atoms with Crippen molar-refractivity contribution in [3.05, 3.63) is 120 Å². The number of carbonyl (C=O) groups is 1. The lowest BCUT2D eigenvalue weighted by Gasteiger charge is -2.08. The summed E-state index contributed by atoms with van der Waals surface area (Å²) in [7, 11) is 0. The molecule has 4 rings (SSSR count). The molecule has 0 heterocycles. The molecule has 148 valence electrons. The summed E-state index contributed by atoms with van der Waals surface area (Å²) < 4.78 is 11.3. The molecule has 4 aromatic rings. The molecule has 0 aliphatic carbocycles. The number of esters is 1. The molecule has 0 fully saturated rings. The van der Waals surface area contributed by atoms with E-state index in [1.807, 2.05) is 97.9 Å². The highest BCUT2D eigenvalue weighted by Gasteiger charge is 2.09. The molecule has 0 bridgehead atoms. The molecule has 30 heavy (non-hydrogen) atoms. The van der Waals surface area contributed by atoms with Crippen LogP contribution in [0.25, 0.3) is 11.1 Å². The Hall–Kier alpha value is -3.85. The molecule has 0 unspecified atom stereocenters. The van der Waals surface area contributed by atoms with E-state index in [0.717, 1.165) is 22.4 Å². The van der Waals surface area contributed by atoms with Gasteiger partial charge in [0.05, 0.1) is 5.56 Å². The van der Waals surface area contributed by atoms with Crippen LogP contribution in [-0.2, 0) is 6.61 Å². The van der Waals surface area contributed by atoms with Crippen molar-refractivity contribution >= 4 is 5.97 Å². The largest absolute Gasteiger partial charge is 0.489 e. The van der Waals surface area contributed by atoms with Crippen LogP contribution in [0.3, 0.4) is 0 Å². The Bertz CT molecular complexity index is 1100. The zero-order chi connectivity index (χ0) is 20.8. The number of carbonyl (C=O) groups excluding carboxylic acids is 1. The third kappa shape index (κ3) is 4.95. The maximum absolute atomic E-state index is 12.4. The van der Waals surface area contributed by atoms with Gasteiger partial charge in [-0.25, -0.2) is 4.79 Å². The number of ether oxygens (including phenoxy) is 2. The van der Waals surface area contributed by atoms with Gasteiger partial charge in [0.25, 0.3) is 0 Å². The monoisotopic (exact) mass is 394 g/mol. The number of aryl methyl sites for hydroxylation is 1. The quantitative estimate of drug-likeness (QED) is 0.278. The van der Waals surface area contributed by atoms with Crippen LogP contribution >= 0.6 is 0 Å². The summed E-state index contributed by atoms with van der Waals surface area (Å²) in [4.78, 5) is 12.4. The van der Waals surface area contributed by atoms with E-state index in [1.165, 1.54) is 5.56 Å². The summed E-state index contributed by atoms with van der Waals surface area (Å²) in [5.74, 6) is 0.961. The van der Waals surface area contributed by atoms with Crippen LogP contribution in [0, 0.1) is 6.92 Å². The molecule has 3 nitrogen and oxygen atoms in total. The SMILES string of the molecule is Cc1ccc(OCc2ccc(C(=O)Oc3ccc(-c4ccccc4)cc3)cc2)cc1. The second-order valence-corrected chi connectivity index (χ2v) is 7.08. The van der Waals surface area contributed by atoms with Gasteiger partial charge in [-0.1, -0.05) is 72.3 Å². The number of benzene rings is 4. The first kappa shape index (κ1) is 19.5. The predicted octanol–water partition coefficient (Wildman–Crippen LogP) is 6.46. The Morgan fingerprint density at radius 3 is 1.93 bits per heavy atom. The standard InChI is InChI=1S/C27H22O3/c1-20-7-15-25(16-8-20)29-19-21-9-11-24(12-10-21)27(28)30-26-17-13-23(14-18-26)22-5-3-2-4-6-22/h2-18H,19H2,1H3. The average molecular weight is 394 g/mol. The highest BCUT2D eigenvalue weighted by Crippen LogP contribution is 2.23. The van der Waals surface area contributed by atoms with Gasteiger partial charge in [0.15, 0.2) is 0 Å². The lowest BCUT2D eigenvalue weighted by atomic mass is 10.1. The molecule has 0 N–H and O–H groups in total. The maximum Gasteiger partial charge on any atom is 0.343 e. The summed E-state index contributed by atoms with van der Waals surface area (Å²) in [6.45, 7) is 2.48. The van der Waals surface area contributed by atoms with Gasteiger partial charge in [-0.3, -0.25) is 0 Å². The first-order valence-electron chi connectivity index (χ1n) is 9.83. The molecule has 0 saturated heterocycles. The van der Waals surface area contributed by atoms with Crippen LogP contribution in [0.2, 0.25) is 0 Å². The first-order chi connectivity index (χ1) is 14.7. The van der Waals surface area contributed by atoms with Crippen molar-refractivity contribution in [2.45, 2.75) is 13.5 Å². The molecule has 0 aliphatic heterocycles. The third-order valence-electron chi connectivity index (χ3n) is 4.79. The molecule has 0 radical (unpaired) electrons. The van der Waals surface area contributed by atoms with Crippen LogP contribution in [0.1, 0.15) is 21.5 Å². The van der Waals surface area contributed by atoms with Crippen molar-refractivity contribution in [2.75, 3.05) is 0 Å². The summed E-state index contributed by atoms with van der Waals surface area (Å²) in [6.07, 6.45) is 0. The van der Waals surface area contributed by atoms with E-state index < -0.39 is 0 Å². The van der Waals surface area contributed by atoms with E-state index in [-0.39, 0.29) is 5.97 Å². The van der Waals surface area contributed by atoms with Crippen LogP contribution in [-0.4, -0.2) is 5.97 Å². The fraction of sp³-hybridized carbons (Fsp3) is 0.0741. The Kier molecular flexibility index (Phi) is 5.90. The Labute approximate surface area is 176 Å². The lowest BCUT2D eigenvalue weighted by Crippen LogP contribution is -2.08. The van der Waals surface area contributed by atoms with Gasteiger partial charge in [-0.05, 0) is 60.0 Å². The fourth-order valence-corrected chi connectivity index (χ4v) is 3.05. The number of hydrogen-bond donors (Lipinski definition) is 0. The van der Waals surface area contributed by atoms with Gasteiger partial charge in [-0.15, -0.1) is 0 Å². The van der Waals surface area contributed by atoms with E-state index in [9.17, 15) is 4.79 Å². The molecular formula is C27H22O3. The zero-order valence-electron chi connectivity index (χ0n) is 16.7. The molecule has 0 aromatic heterocycles. The van der Waals surface area contributed by atoms with E-state index in [0.29, 0.717) is 17.9 Å². The highest BCUT2D eigenvalue weighted by molar-refractivity contribution is 5.91. The van der Waals surface area contributed by atoms with Crippen molar-refractivity contribution < 1.29 is 14.3 Å². The predicted molar refractivity (Wildman–Crippen MR) is 119 cm³/mol. The Morgan fingerprint density at radius 2 is 1.27 bits per heavy atom. The van der Waals surface area contributed by atoms with Gasteiger partial charge >= 0.3 is 5.97 Å². The minimum Gasteiger partial charge on any atom is -0.489 e. The maximum atomic E-state index is 12.4. The Balaban J connectivity index is 1.35. The van der Waals surface area contributed by atoms with Crippen molar-refractivity contribution in [2.24, 2.45) is 0 Å². The third-order valence-corrected chi connectivity index (χ3v) is 4.79. The first-order valence-corrected chi connectivity index (χ1v) is 9.83. The van der Waals surface area contributed by atoms with Gasteiger partial charge in [0, 0.05) is 0 Å². The topological polar surface area (TPSA) is 35.5 Å². The lowest BCUT2D eigenvalue weighted by molar-refractivity contribution is 0.0734. The van der Waals surface area contributed by atoms with Crippen molar-refractivity contribution in [1.29, 1.82) is 0 Å². The smallest absolute Gasteiger partial charge is 0.343 e. The summed E-state index contributed by atoms with van der Waals surface area (Å²) >= 11 is 0. The van der Waals surface area contributed by atoms with Crippen LogP contribution in [0.4, 0.5) is 0 Å². The van der Waals surface area contributed by atoms with E-state index >= 15 is 0 Å². The number of hydrogen-bond acceptors (Lipinski definition) is 3. The highest BCUT2D eigenvalue weighted by atomic mass is 16.5. The Morgan fingerprint density at radius 1 is 0.667 bits per heavy atom. The van der Waals surface area contributed by atoms with E-state index in [1.54, 1.807) is 12.1 Å². The molecule has 0 saturated carbocycles. The molecule has 0 amide bonds. The van der Waals surface area contributed by atoms with Crippen LogP contribution < -0.4 is 9.47 Å². The van der Waals surface area contributed by atoms with Crippen LogP contribution in [0.15, 0.2) is 103 Å². The van der Waals surface area contributed by atoms with Gasteiger partial charge in [-0.2, -0.15) is 0 Å².